The standard InChI is InChI=1S/C29H44ClN3O3/c1-28(2)13-10-22(11-14-28)33(27(36)29(3,4)19-34)23-12-15-32(16-23)26(35)25-18-31(5)17-24(25)20-6-8-21(30)9-7-20/h6-9,22-25,34H,10-19H2,1-5H3/t23-,24-,25+/m0/s1. The number of halogens is 1. The Morgan fingerprint density at radius 2 is 1.69 bits per heavy atom. The van der Waals surface area contributed by atoms with Gasteiger partial charge in [-0.1, -0.05) is 37.6 Å². The van der Waals surface area contributed by atoms with Gasteiger partial charge in [0.1, 0.15) is 0 Å². The maximum Gasteiger partial charge on any atom is 0.231 e. The Balaban J connectivity index is 1.51. The van der Waals surface area contributed by atoms with Gasteiger partial charge in [-0.15, -0.1) is 0 Å². The quantitative estimate of drug-likeness (QED) is 0.607. The third kappa shape index (κ3) is 5.76. The predicted octanol–water partition coefficient (Wildman–Crippen LogP) is 4.40. The molecule has 1 saturated carbocycles. The van der Waals surface area contributed by atoms with Crippen LogP contribution in [-0.4, -0.2) is 83.5 Å². The average Bonchev–Trinajstić information content (AvgIpc) is 3.47. The van der Waals surface area contributed by atoms with E-state index >= 15 is 0 Å². The monoisotopic (exact) mass is 517 g/mol. The van der Waals surface area contributed by atoms with Gasteiger partial charge in [-0.25, -0.2) is 0 Å². The van der Waals surface area contributed by atoms with Gasteiger partial charge >= 0.3 is 0 Å². The van der Waals surface area contributed by atoms with Crippen molar-refractivity contribution < 1.29 is 14.7 Å². The highest BCUT2D eigenvalue weighted by atomic mass is 35.5. The van der Waals surface area contributed by atoms with E-state index in [2.05, 4.69) is 30.7 Å². The summed E-state index contributed by atoms with van der Waals surface area (Å²) in [5, 5.41) is 10.7. The van der Waals surface area contributed by atoms with Crippen LogP contribution in [0.5, 0.6) is 0 Å². The van der Waals surface area contributed by atoms with E-state index < -0.39 is 5.41 Å². The number of aliphatic hydroxyl groups excluding tert-OH is 1. The first-order valence-corrected chi connectivity index (χ1v) is 14.0. The minimum Gasteiger partial charge on any atom is -0.395 e. The first-order chi connectivity index (χ1) is 16.9. The molecular weight excluding hydrogens is 474 g/mol. The van der Waals surface area contributed by atoms with E-state index in [9.17, 15) is 14.7 Å². The second-order valence-electron chi connectivity index (χ2n) is 12.9. The number of likely N-dealkylation sites (N-methyl/N-ethyl adjacent to an activating group) is 1. The van der Waals surface area contributed by atoms with Crippen molar-refractivity contribution in [2.75, 3.05) is 39.8 Å². The zero-order chi connectivity index (χ0) is 26.3. The first kappa shape index (κ1) is 27.4. The van der Waals surface area contributed by atoms with Crippen LogP contribution in [0.3, 0.4) is 0 Å². The molecule has 3 aliphatic rings. The summed E-state index contributed by atoms with van der Waals surface area (Å²) in [6.45, 7) is 11.0. The molecule has 1 aliphatic carbocycles. The van der Waals surface area contributed by atoms with Crippen molar-refractivity contribution >= 4 is 23.4 Å². The van der Waals surface area contributed by atoms with Crippen LogP contribution in [-0.2, 0) is 9.59 Å². The highest BCUT2D eigenvalue weighted by molar-refractivity contribution is 6.30. The number of likely N-dealkylation sites (tertiary alicyclic amines) is 2. The predicted molar refractivity (Wildman–Crippen MR) is 144 cm³/mol. The number of carbonyl (C=O) groups is 2. The normalized spacial score (nSPS) is 27.4. The van der Waals surface area contributed by atoms with Gasteiger partial charge in [0.15, 0.2) is 0 Å². The van der Waals surface area contributed by atoms with Crippen LogP contribution < -0.4 is 0 Å². The van der Waals surface area contributed by atoms with Crippen molar-refractivity contribution in [1.29, 1.82) is 0 Å². The molecule has 1 aromatic carbocycles. The molecule has 2 heterocycles. The van der Waals surface area contributed by atoms with Crippen molar-refractivity contribution in [3.8, 4) is 0 Å². The van der Waals surface area contributed by atoms with Crippen molar-refractivity contribution in [3.63, 3.8) is 0 Å². The lowest BCUT2D eigenvalue weighted by Gasteiger charge is -2.45. The molecule has 2 aliphatic heterocycles. The molecule has 7 heteroatoms. The summed E-state index contributed by atoms with van der Waals surface area (Å²) < 4.78 is 0. The number of aliphatic hydroxyl groups is 1. The molecule has 0 aromatic heterocycles. The summed E-state index contributed by atoms with van der Waals surface area (Å²) in [7, 11) is 2.07. The lowest BCUT2D eigenvalue weighted by Crippen LogP contribution is -2.55. The van der Waals surface area contributed by atoms with Crippen molar-refractivity contribution in [2.24, 2.45) is 16.7 Å². The Labute approximate surface area is 222 Å². The van der Waals surface area contributed by atoms with E-state index in [1.54, 1.807) is 0 Å². The average molecular weight is 518 g/mol. The second-order valence-corrected chi connectivity index (χ2v) is 13.3. The summed E-state index contributed by atoms with van der Waals surface area (Å²) in [6.07, 6.45) is 4.95. The summed E-state index contributed by atoms with van der Waals surface area (Å²) in [5.41, 5.74) is 0.642. The SMILES string of the molecule is CN1C[C@@H](C(=O)N2CC[C@H](N(C(=O)C(C)(C)CO)C3CCC(C)(C)CC3)C2)[C@H](c2ccc(Cl)cc2)C1. The van der Waals surface area contributed by atoms with E-state index in [1.807, 2.05) is 43.0 Å². The van der Waals surface area contributed by atoms with E-state index in [1.165, 1.54) is 0 Å². The number of carbonyl (C=O) groups excluding carboxylic acids is 2. The van der Waals surface area contributed by atoms with E-state index in [4.69, 9.17) is 11.6 Å². The summed E-state index contributed by atoms with van der Waals surface area (Å²) in [4.78, 5) is 33.9. The minimum absolute atomic E-state index is 0.00611. The van der Waals surface area contributed by atoms with Gasteiger partial charge in [0, 0.05) is 43.2 Å². The molecule has 36 heavy (non-hydrogen) atoms. The molecule has 0 unspecified atom stereocenters. The third-order valence-electron chi connectivity index (χ3n) is 8.90. The Morgan fingerprint density at radius 1 is 1.06 bits per heavy atom. The number of hydrogen-bond donors (Lipinski definition) is 1. The van der Waals surface area contributed by atoms with Crippen molar-refractivity contribution in [2.45, 2.75) is 77.8 Å². The molecule has 3 fully saturated rings. The second kappa shape index (κ2) is 10.6. The maximum atomic E-state index is 13.8. The molecule has 0 radical (unpaired) electrons. The van der Waals surface area contributed by atoms with Crippen LogP contribution in [0, 0.1) is 16.7 Å². The summed E-state index contributed by atoms with van der Waals surface area (Å²) in [5.74, 6) is 0.267. The maximum absolute atomic E-state index is 13.8. The van der Waals surface area contributed by atoms with Crippen LogP contribution >= 0.6 is 11.6 Å². The Morgan fingerprint density at radius 3 is 2.31 bits per heavy atom. The van der Waals surface area contributed by atoms with Gasteiger partial charge in [0.25, 0.3) is 0 Å². The Hall–Kier alpha value is -1.63. The van der Waals surface area contributed by atoms with Gasteiger partial charge < -0.3 is 19.8 Å². The van der Waals surface area contributed by atoms with Crippen LogP contribution in [0.2, 0.25) is 5.02 Å². The van der Waals surface area contributed by atoms with E-state index in [-0.39, 0.29) is 42.3 Å². The van der Waals surface area contributed by atoms with E-state index in [0.29, 0.717) is 23.5 Å². The largest absolute Gasteiger partial charge is 0.395 e. The zero-order valence-corrected chi connectivity index (χ0v) is 23.4. The highest BCUT2D eigenvalue weighted by Gasteiger charge is 2.46. The molecule has 2 saturated heterocycles. The Kier molecular flexibility index (Phi) is 8.09. The highest BCUT2D eigenvalue weighted by Crippen LogP contribution is 2.40. The topological polar surface area (TPSA) is 64.1 Å². The number of nitrogens with zero attached hydrogens (tertiary/aromatic N) is 3. The van der Waals surface area contributed by atoms with Gasteiger partial charge in [-0.2, -0.15) is 0 Å². The molecule has 1 N–H and O–H groups in total. The number of hydrogen-bond acceptors (Lipinski definition) is 4. The van der Waals surface area contributed by atoms with E-state index in [0.717, 1.165) is 50.8 Å². The van der Waals surface area contributed by atoms with Crippen LogP contribution in [0.15, 0.2) is 24.3 Å². The molecule has 1 aromatic rings. The molecule has 3 atom stereocenters. The number of amides is 2. The summed E-state index contributed by atoms with van der Waals surface area (Å²) in [6, 6.07) is 8.07. The minimum atomic E-state index is -0.821. The van der Waals surface area contributed by atoms with Gasteiger partial charge in [0.05, 0.1) is 24.0 Å². The molecule has 6 nitrogen and oxygen atoms in total. The lowest BCUT2D eigenvalue weighted by molar-refractivity contribution is -0.149. The molecule has 2 amide bonds. The third-order valence-corrected chi connectivity index (χ3v) is 9.15. The van der Waals surface area contributed by atoms with Crippen molar-refractivity contribution in [1.82, 2.24) is 14.7 Å². The fraction of sp³-hybridized carbons (Fsp3) is 0.724. The smallest absolute Gasteiger partial charge is 0.231 e. The molecule has 200 valence electrons. The first-order valence-electron chi connectivity index (χ1n) is 13.6. The van der Waals surface area contributed by atoms with Crippen LogP contribution in [0.1, 0.15) is 71.3 Å². The number of rotatable bonds is 6. The Bertz CT molecular complexity index is 938. The molecule has 0 spiro atoms. The van der Waals surface area contributed by atoms with Gasteiger partial charge in [-0.05, 0) is 76.1 Å². The van der Waals surface area contributed by atoms with Gasteiger partial charge in [0.2, 0.25) is 11.8 Å². The fourth-order valence-electron chi connectivity index (χ4n) is 6.41. The molecule has 4 rings (SSSR count). The zero-order valence-electron chi connectivity index (χ0n) is 22.7. The lowest BCUT2D eigenvalue weighted by atomic mass is 9.74. The fourth-order valence-corrected chi connectivity index (χ4v) is 6.54. The van der Waals surface area contributed by atoms with Crippen LogP contribution in [0.4, 0.5) is 0 Å². The van der Waals surface area contributed by atoms with Gasteiger partial charge in [-0.3, -0.25) is 9.59 Å². The molecular formula is C29H44ClN3O3. The van der Waals surface area contributed by atoms with Crippen molar-refractivity contribution in [3.05, 3.63) is 34.9 Å². The number of benzene rings is 1. The molecule has 0 bridgehead atoms. The van der Waals surface area contributed by atoms with Crippen LogP contribution in [0.25, 0.3) is 0 Å². The summed E-state index contributed by atoms with van der Waals surface area (Å²) >= 11 is 6.11.